The summed E-state index contributed by atoms with van der Waals surface area (Å²) in [6.07, 6.45) is 1.69. The molecule has 0 amide bonds. The minimum Gasteiger partial charge on any atom is -0.411 e. The molecule has 0 aliphatic carbocycles. The summed E-state index contributed by atoms with van der Waals surface area (Å²) in [5, 5.41) is 11.5. The van der Waals surface area contributed by atoms with Crippen LogP contribution >= 0.6 is 0 Å². The topological polar surface area (TPSA) is 45.5 Å². The summed E-state index contributed by atoms with van der Waals surface area (Å²) in [7, 11) is 0. The van der Waals surface area contributed by atoms with Crippen molar-refractivity contribution in [2.24, 2.45) is 5.16 Å². The summed E-state index contributed by atoms with van der Waals surface area (Å²) in [5.74, 6) is 0. The summed E-state index contributed by atoms with van der Waals surface area (Å²) in [4.78, 5) is 4.02. The second-order valence-electron chi connectivity index (χ2n) is 2.40. The lowest BCUT2D eigenvalue weighted by atomic mass is 10.2. The Kier molecular flexibility index (Phi) is 2.21. The molecule has 58 valence electrons. The Labute approximate surface area is 65.4 Å². The molecule has 0 aliphatic heterocycles. The maximum Gasteiger partial charge on any atom is 0.102 e. The van der Waals surface area contributed by atoms with Crippen LogP contribution in [0.3, 0.4) is 0 Å². The Morgan fingerprint density at radius 3 is 2.91 bits per heavy atom. The van der Waals surface area contributed by atoms with Crippen LogP contribution in [0.1, 0.15) is 18.2 Å². The minimum absolute atomic E-state index is 0.536. The zero-order chi connectivity index (χ0) is 8.27. The first-order chi connectivity index (χ1) is 5.24. The fourth-order valence-electron chi connectivity index (χ4n) is 0.785. The standard InChI is InChI=1S/C8H10N2O/c1-6-3-4-9-8(5-6)7(2)10-11/h3-5,11H,1-2H3. The van der Waals surface area contributed by atoms with Gasteiger partial charge in [-0.15, -0.1) is 0 Å². The fraction of sp³-hybridized carbons (Fsp3) is 0.250. The molecule has 11 heavy (non-hydrogen) atoms. The highest BCUT2D eigenvalue weighted by molar-refractivity contribution is 5.96. The number of aromatic nitrogens is 1. The number of rotatable bonds is 1. The van der Waals surface area contributed by atoms with Crippen molar-refractivity contribution < 1.29 is 5.21 Å². The Balaban J connectivity index is 3.06. The number of hydrogen-bond donors (Lipinski definition) is 1. The molecule has 0 unspecified atom stereocenters. The van der Waals surface area contributed by atoms with Gasteiger partial charge in [0.2, 0.25) is 0 Å². The summed E-state index contributed by atoms with van der Waals surface area (Å²) in [6, 6.07) is 3.77. The van der Waals surface area contributed by atoms with E-state index in [1.54, 1.807) is 13.1 Å². The van der Waals surface area contributed by atoms with Gasteiger partial charge in [0, 0.05) is 6.20 Å². The van der Waals surface area contributed by atoms with Gasteiger partial charge in [0.1, 0.15) is 5.71 Å². The van der Waals surface area contributed by atoms with Crippen molar-refractivity contribution >= 4 is 5.71 Å². The number of hydrogen-bond acceptors (Lipinski definition) is 3. The first kappa shape index (κ1) is 7.72. The molecule has 0 spiro atoms. The van der Waals surface area contributed by atoms with Crippen LogP contribution in [-0.4, -0.2) is 15.9 Å². The van der Waals surface area contributed by atoms with E-state index >= 15 is 0 Å². The predicted molar refractivity (Wildman–Crippen MR) is 43.0 cm³/mol. The third-order valence-electron chi connectivity index (χ3n) is 1.44. The largest absolute Gasteiger partial charge is 0.411 e. The van der Waals surface area contributed by atoms with E-state index in [2.05, 4.69) is 10.1 Å². The lowest BCUT2D eigenvalue weighted by Crippen LogP contribution is -1.97. The van der Waals surface area contributed by atoms with E-state index in [0.29, 0.717) is 11.4 Å². The number of pyridine rings is 1. The van der Waals surface area contributed by atoms with Crippen LogP contribution in [0, 0.1) is 6.92 Å². The van der Waals surface area contributed by atoms with Gasteiger partial charge < -0.3 is 5.21 Å². The van der Waals surface area contributed by atoms with Crippen molar-refractivity contribution in [1.82, 2.24) is 4.98 Å². The van der Waals surface area contributed by atoms with E-state index in [-0.39, 0.29) is 0 Å². The number of oxime groups is 1. The third kappa shape index (κ3) is 1.77. The van der Waals surface area contributed by atoms with E-state index in [9.17, 15) is 0 Å². The molecule has 3 heteroatoms. The van der Waals surface area contributed by atoms with E-state index in [1.807, 2.05) is 19.1 Å². The summed E-state index contributed by atoms with van der Waals surface area (Å²) in [6.45, 7) is 3.68. The summed E-state index contributed by atoms with van der Waals surface area (Å²) < 4.78 is 0. The van der Waals surface area contributed by atoms with Gasteiger partial charge in [-0.1, -0.05) is 5.16 Å². The van der Waals surface area contributed by atoms with Crippen LogP contribution < -0.4 is 0 Å². The maximum absolute atomic E-state index is 8.43. The molecule has 1 aromatic heterocycles. The molecular formula is C8H10N2O. The van der Waals surface area contributed by atoms with Gasteiger partial charge in [-0.2, -0.15) is 0 Å². The molecule has 0 aliphatic rings. The quantitative estimate of drug-likeness (QED) is 0.375. The molecular weight excluding hydrogens is 140 g/mol. The first-order valence-corrected chi connectivity index (χ1v) is 3.35. The highest BCUT2D eigenvalue weighted by Gasteiger charge is 1.97. The molecule has 0 saturated carbocycles. The van der Waals surface area contributed by atoms with Crippen molar-refractivity contribution in [3.63, 3.8) is 0 Å². The lowest BCUT2D eigenvalue weighted by Gasteiger charge is -1.97. The zero-order valence-electron chi connectivity index (χ0n) is 6.57. The predicted octanol–water partition coefficient (Wildman–Crippen LogP) is 1.59. The van der Waals surface area contributed by atoms with Crippen LogP contribution in [0.25, 0.3) is 0 Å². The number of nitrogens with zero attached hydrogens (tertiary/aromatic N) is 2. The summed E-state index contributed by atoms with van der Waals surface area (Å²) in [5.41, 5.74) is 2.36. The molecule has 1 aromatic rings. The monoisotopic (exact) mass is 150 g/mol. The highest BCUT2D eigenvalue weighted by Crippen LogP contribution is 2.00. The van der Waals surface area contributed by atoms with E-state index in [4.69, 9.17) is 5.21 Å². The molecule has 1 N–H and O–H groups in total. The third-order valence-corrected chi connectivity index (χ3v) is 1.44. The molecule has 1 rings (SSSR count). The highest BCUT2D eigenvalue weighted by atomic mass is 16.4. The summed E-state index contributed by atoms with van der Waals surface area (Å²) >= 11 is 0. The van der Waals surface area contributed by atoms with Crippen LogP contribution in [-0.2, 0) is 0 Å². The Morgan fingerprint density at radius 2 is 2.36 bits per heavy atom. The van der Waals surface area contributed by atoms with E-state index in [0.717, 1.165) is 5.56 Å². The Morgan fingerprint density at radius 1 is 1.64 bits per heavy atom. The maximum atomic E-state index is 8.43. The second-order valence-corrected chi connectivity index (χ2v) is 2.40. The smallest absolute Gasteiger partial charge is 0.102 e. The van der Waals surface area contributed by atoms with Crippen molar-refractivity contribution in [2.75, 3.05) is 0 Å². The zero-order valence-corrected chi connectivity index (χ0v) is 6.57. The SMILES string of the molecule is CC(=NO)c1cc(C)ccn1. The van der Waals surface area contributed by atoms with E-state index in [1.165, 1.54) is 0 Å². The van der Waals surface area contributed by atoms with Crippen molar-refractivity contribution in [2.45, 2.75) is 13.8 Å². The van der Waals surface area contributed by atoms with E-state index < -0.39 is 0 Å². The van der Waals surface area contributed by atoms with Crippen molar-refractivity contribution in [1.29, 1.82) is 0 Å². The van der Waals surface area contributed by atoms with Gasteiger partial charge in [-0.25, -0.2) is 0 Å². The lowest BCUT2D eigenvalue weighted by molar-refractivity contribution is 0.319. The second kappa shape index (κ2) is 3.14. The molecule has 0 bridgehead atoms. The van der Waals surface area contributed by atoms with Crippen LogP contribution in [0.4, 0.5) is 0 Å². The Hall–Kier alpha value is -1.38. The van der Waals surface area contributed by atoms with Crippen LogP contribution in [0.2, 0.25) is 0 Å². The first-order valence-electron chi connectivity index (χ1n) is 3.35. The van der Waals surface area contributed by atoms with Gasteiger partial charge >= 0.3 is 0 Å². The van der Waals surface area contributed by atoms with Crippen LogP contribution in [0.5, 0.6) is 0 Å². The fourth-order valence-corrected chi connectivity index (χ4v) is 0.785. The molecule has 0 radical (unpaired) electrons. The molecule has 0 atom stereocenters. The normalized spacial score (nSPS) is 11.6. The minimum atomic E-state index is 0.536. The van der Waals surface area contributed by atoms with Crippen molar-refractivity contribution in [3.8, 4) is 0 Å². The van der Waals surface area contributed by atoms with Gasteiger partial charge in [0.05, 0.1) is 5.69 Å². The molecule has 0 saturated heterocycles. The van der Waals surface area contributed by atoms with Crippen LogP contribution in [0.15, 0.2) is 23.5 Å². The molecule has 1 heterocycles. The van der Waals surface area contributed by atoms with Crippen molar-refractivity contribution in [3.05, 3.63) is 29.6 Å². The van der Waals surface area contributed by atoms with Gasteiger partial charge in [-0.3, -0.25) is 4.98 Å². The van der Waals surface area contributed by atoms with Gasteiger partial charge in [0.25, 0.3) is 0 Å². The molecule has 0 aromatic carbocycles. The average Bonchev–Trinajstić information content (AvgIpc) is 2.03. The molecule has 3 nitrogen and oxygen atoms in total. The van der Waals surface area contributed by atoms with Gasteiger partial charge in [-0.05, 0) is 31.5 Å². The Bertz CT molecular complexity index is 281. The van der Waals surface area contributed by atoms with Gasteiger partial charge in [0.15, 0.2) is 0 Å². The number of aryl methyl sites for hydroxylation is 1. The molecule has 0 fully saturated rings. The average molecular weight is 150 g/mol.